The number of allylic oxidation sites excluding steroid dienone is 1. The summed E-state index contributed by atoms with van der Waals surface area (Å²) in [6, 6.07) is 10.0. The fourth-order valence-corrected chi connectivity index (χ4v) is 3.40. The maximum Gasteiger partial charge on any atom is 0.175 e. The molecule has 3 aliphatic rings. The maximum absolute atomic E-state index is 12.5. The molecular weight excluding hydrogens is 240 g/mol. The van der Waals surface area contributed by atoms with Crippen molar-refractivity contribution < 1.29 is 14.6 Å². The lowest BCUT2D eigenvalue weighted by molar-refractivity contribution is -0.152. The fraction of sp³-hybridized carbons (Fsp3) is 0.438. The number of benzene rings is 1. The number of aliphatic hydroxyl groups is 1. The highest BCUT2D eigenvalue weighted by Gasteiger charge is 2.55. The predicted octanol–water partition coefficient (Wildman–Crippen LogP) is 2.27. The van der Waals surface area contributed by atoms with E-state index < -0.39 is 5.60 Å². The Morgan fingerprint density at radius 1 is 1.32 bits per heavy atom. The maximum atomic E-state index is 12.5. The first-order valence-electron chi connectivity index (χ1n) is 6.63. The zero-order valence-corrected chi connectivity index (χ0v) is 11.2. The van der Waals surface area contributed by atoms with Crippen LogP contribution in [-0.4, -0.2) is 23.6 Å². The monoisotopic (exact) mass is 258 g/mol. The molecule has 19 heavy (non-hydrogen) atoms. The van der Waals surface area contributed by atoms with Crippen LogP contribution in [0.2, 0.25) is 0 Å². The van der Waals surface area contributed by atoms with Crippen LogP contribution >= 0.6 is 0 Å². The average Bonchev–Trinajstić information content (AvgIpc) is 2.44. The minimum absolute atomic E-state index is 0.110. The van der Waals surface area contributed by atoms with E-state index in [2.05, 4.69) is 0 Å². The summed E-state index contributed by atoms with van der Waals surface area (Å²) in [5.74, 6) is 0.190. The van der Waals surface area contributed by atoms with E-state index in [-0.39, 0.29) is 23.5 Å². The van der Waals surface area contributed by atoms with Crippen LogP contribution in [0, 0.1) is 11.8 Å². The summed E-state index contributed by atoms with van der Waals surface area (Å²) in [5.41, 5.74) is -0.109. The van der Waals surface area contributed by atoms with Crippen LogP contribution in [0.5, 0.6) is 0 Å². The van der Waals surface area contributed by atoms with E-state index >= 15 is 0 Å². The summed E-state index contributed by atoms with van der Waals surface area (Å²) in [4.78, 5) is 12.5. The summed E-state index contributed by atoms with van der Waals surface area (Å²) in [5, 5.41) is 10.4. The molecule has 3 aliphatic carbocycles. The van der Waals surface area contributed by atoms with Gasteiger partial charge in [0.05, 0.1) is 13.0 Å². The van der Waals surface area contributed by atoms with Crippen LogP contribution < -0.4 is 0 Å². The van der Waals surface area contributed by atoms with E-state index in [9.17, 15) is 9.90 Å². The van der Waals surface area contributed by atoms with Gasteiger partial charge in [-0.3, -0.25) is 4.79 Å². The van der Waals surface area contributed by atoms with Crippen LogP contribution in [0.1, 0.15) is 24.8 Å². The first kappa shape index (κ1) is 12.4. The van der Waals surface area contributed by atoms with Gasteiger partial charge in [-0.15, -0.1) is 0 Å². The lowest BCUT2D eigenvalue weighted by Gasteiger charge is -2.47. The van der Waals surface area contributed by atoms with Crippen molar-refractivity contribution in [2.45, 2.75) is 24.9 Å². The van der Waals surface area contributed by atoms with Crippen molar-refractivity contribution in [2.75, 3.05) is 7.11 Å². The van der Waals surface area contributed by atoms with Gasteiger partial charge in [0.15, 0.2) is 5.78 Å². The number of ketones is 1. The summed E-state index contributed by atoms with van der Waals surface area (Å²) in [6.07, 6.45) is 2.71. The number of Topliss-reactive ketones (excluding diaryl/α,β-unsaturated/α-hetero) is 1. The molecule has 0 saturated heterocycles. The molecule has 4 rings (SSSR count). The standard InChI is InChI=1S/C16H18O3/c1-16(18)11-8-12(10-6-4-3-5-7-10)14(15(16)17)13(9-11)19-2/h3-7,9,11-12,14,18H,8H2,1-2H3/t11?,12?,14-,16?/m0/s1. The van der Waals surface area contributed by atoms with Gasteiger partial charge in [-0.2, -0.15) is 0 Å². The number of carbonyl (C=O) groups excluding carboxylic acids is 1. The molecule has 1 N–H and O–H groups in total. The summed E-state index contributed by atoms with van der Waals surface area (Å²) >= 11 is 0. The molecule has 2 bridgehead atoms. The minimum atomic E-state index is -1.25. The SMILES string of the molecule is COC1=CC2CC(c3ccccc3)[C@@H]1C(=O)C2(C)O. The highest BCUT2D eigenvalue weighted by molar-refractivity contribution is 5.94. The average molecular weight is 258 g/mol. The molecule has 0 amide bonds. The molecule has 0 heterocycles. The first-order valence-corrected chi connectivity index (χ1v) is 6.63. The Labute approximate surface area is 112 Å². The Hall–Kier alpha value is -1.61. The molecule has 1 aromatic rings. The summed E-state index contributed by atoms with van der Waals surface area (Å²) in [7, 11) is 1.59. The predicted molar refractivity (Wildman–Crippen MR) is 71.5 cm³/mol. The molecular formula is C16H18O3. The molecule has 1 saturated carbocycles. The van der Waals surface area contributed by atoms with Crippen LogP contribution in [0.25, 0.3) is 0 Å². The topological polar surface area (TPSA) is 46.5 Å². The lowest BCUT2D eigenvalue weighted by atomic mass is 9.59. The summed E-state index contributed by atoms with van der Waals surface area (Å²) < 4.78 is 5.37. The van der Waals surface area contributed by atoms with E-state index in [0.29, 0.717) is 5.76 Å². The van der Waals surface area contributed by atoms with Crippen molar-refractivity contribution in [3.8, 4) is 0 Å². The zero-order chi connectivity index (χ0) is 13.6. The molecule has 3 nitrogen and oxygen atoms in total. The third-order valence-corrected chi connectivity index (χ3v) is 4.55. The van der Waals surface area contributed by atoms with Gasteiger partial charge in [-0.1, -0.05) is 30.3 Å². The molecule has 1 aromatic carbocycles. The molecule has 0 spiro atoms. The Balaban J connectivity index is 2.05. The van der Waals surface area contributed by atoms with E-state index in [1.54, 1.807) is 14.0 Å². The van der Waals surface area contributed by atoms with Gasteiger partial charge in [0, 0.05) is 11.8 Å². The molecule has 100 valence electrons. The molecule has 0 aromatic heterocycles. The molecule has 3 heteroatoms. The van der Waals surface area contributed by atoms with Gasteiger partial charge < -0.3 is 9.84 Å². The van der Waals surface area contributed by atoms with Crippen molar-refractivity contribution in [3.63, 3.8) is 0 Å². The largest absolute Gasteiger partial charge is 0.501 e. The number of carbonyl (C=O) groups is 1. The molecule has 3 unspecified atom stereocenters. The third-order valence-electron chi connectivity index (χ3n) is 4.55. The second-order valence-corrected chi connectivity index (χ2v) is 5.62. The van der Waals surface area contributed by atoms with Crippen LogP contribution in [-0.2, 0) is 9.53 Å². The van der Waals surface area contributed by atoms with E-state index in [1.807, 2.05) is 36.4 Å². The quantitative estimate of drug-likeness (QED) is 0.885. The first-order chi connectivity index (χ1) is 9.05. The van der Waals surface area contributed by atoms with Gasteiger partial charge in [0.25, 0.3) is 0 Å². The van der Waals surface area contributed by atoms with Crippen molar-refractivity contribution in [1.29, 1.82) is 0 Å². The van der Waals surface area contributed by atoms with Crippen molar-refractivity contribution >= 4 is 5.78 Å². The lowest BCUT2D eigenvalue weighted by Crippen LogP contribution is -2.55. The number of fused-ring (bicyclic) bond motifs is 2. The van der Waals surface area contributed by atoms with Crippen LogP contribution in [0.3, 0.4) is 0 Å². The number of hydrogen-bond donors (Lipinski definition) is 1. The second-order valence-electron chi connectivity index (χ2n) is 5.62. The van der Waals surface area contributed by atoms with E-state index in [0.717, 1.165) is 12.0 Å². The number of ether oxygens (including phenoxy) is 1. The van der Waals surface area contributed by atoms with Crippen LogP contribution in [0.4, 0.5) is 0 Å². The third kappa shape index (κ3) is 1.72. The number of hydrogen-bond acceptors (Lipinski definition) is 3. The van der Waals surface area contributed by atoms with Gasteiger partial charge in [0.2, 0.25) is 0 Å². The Kier molecular flexibility index (Phi) is 2.75. The van der Waals surface area contributed by atoms with E-state index in [4.69, 9.17) is 4.74 Å². The zero-order valence-electron chi connectivity index (χ0n) is 11.2. The smallest absolute Gasteiger partial charge is 0.175 e. The molecule has 4 atom stereocenters. The van der Waals surface area contributed by atoms with Gasteiger partial charge in [0.1, 0.15) is 11.4 Å². The van der Waals surface area contributed by atoms with E-state index in [1.165, 1.54) is 0 Å². The number of methoxy groups -OCH3 is 1. The summed E-state index contributed by atoms with van der Waals surface area (Å²) in [6.45, 7) is 1.62. The van der Waals surface area contributed by atoms with Crippen molar-refractivity contribution in [3.05, 3.63) is 47.7 Å². The highest BCUT2D eigenvalue weighted by Crippen LogP contribution is 2.51. The fourth-order valence-electron chi connectivity index (χ4n) is 3.40. The van der Waals surface area contributed by atoms with Crippen molar-refractivity contribution in [2.24, 2.45) is 11.8 Å². The Morgan fingerprint density at radius 3 is 2.58 bits per heavy atom. The highest BCUT2D eigenvalue weighted by atomic mass is 16.5. The van der Waals surface area contributed by atoms with Crippen LogP contribution in [0.15, 0.2) is 42.2 Å². The van der Waals surface area contributed by atoms with Gasteiger partial charge in [-0.05, 0) is 25.0 Å². The molecule has 0 radical (unpaired) electrons. The van der Waals surface area contributed by atoms with Gasteiger partial charge >= 0.3 is 0 Å². The normalized spacial score (nSPS) is 37.1. The minimum Gasteiger partial charge on any atom is -0.501 e. The number of rotatable bonds is 2. The Morgan fingerprint density at radius 2 is 2.00 bits per heavy atom. The Bertz CT molecular complexity index is 530. The second kappa shape index (κ2) is 4.20. The van der Waals surface area contributed by atoms with Gasteiger partial charge in [-0.25, -0.2) is 0 Å². The molecule has 0 aliphatic heterocycles. The molecule has 1 fully saturated rings. The van der Waals surface area contributed by atoms with Crippen molar-refractivity contribution in [1.82, 2.24) is 0 Å².